The van der Waals surface area contributed by atoms with Crippen LogP contribution in [0.5, 0.6) is 0 Å². The molecule has 1 amide bonds. The first-order valence-corrected chi connectivity index (χ1v) is 8.05. The third-order valence-corrected chi connectivity index (χ3v) is 5.52. The number of carbonyl (C=O) groups excluding carboxylic acids is 1. The van der Waals surface area contributed by atoms with Crippen molar-refractivity contribution >= 4 is 16.9 Å². The third-order valence-electron chi connectivity index (χ3n) is 5.52. The van der Waals surface area contributed by atoms with Gasteiger partial charge in [-0.3, -0.25) is 9.69 Å². The van der Waals surface area contributed by atoms with Crippen LogP contribution in [0.4, 0.5) is 4.39 Å². The van der Waals surface area contributed by atoms with Crippen molar-refractivity contribution in [1.82, 2.24) is 15.2 Å². The number of pyridine rings is 1. The Morgan fingerprint density at radius 3 is 2.87 bits per heavy atom. The van der Waals surface area contributed by atoms with Gasteiger partial charge in [0, 0.05) is 11.6 Å². The molecule has 3 fully saturated rings. The highest BCUT2D eigenvalue weighted by atomic mass is 19.1. The molecule has 3 aliphatic heterocycles. The largest absolute Gasteiger partial charge is 0.460 e. The maximum atomic E-state index is 13.6. The average Bonchev–Trinajstić information content (AvgIpc) is 2.92. The summed E-state index contributed by atoms with van der Waals surface area (Å²) in [5, 5.41) is 3.43. The van der Waals surface area contributed by atoms with Gasteiger partial charge in [0.2, 0.25) is 0 Å². The van der Waals surface area contributed by atoms with Gasteiger partial charge in [-0.2, -0.15) is 0 Å². The van der Waals surface area contributed by atoms with Crippen LogP contribution in [-0.4, -0.2) is 40.5 Å². The molecule has 2 aromatic heterocycles. The van der Waals surface area contributed by atoms with Gasteiger partial charge >= 0.3 is 0 Å². The topological polar surface area (TPSA) is 58.4 Å². The molecule has 3 saturated heterocycles. The molecule has 1 atom stereocenters. The zero-order chi connectivity index (χ0) is 16.2. The maximum absolute atomic E-state index is 13.6. The summed E-state index contributed by atoms with van der Waals surface area (Å²) in [5.41, 5.74) is 0.509. The lowest BCUT2D eigenvalue weighted by atomic mass is 9.72. The average molecular weight is 317 g/mol. The Balaban J connectivity index is 1.60. The summed E-state index contributed by atoms with van der Waals surface area (Å²) in [7, 11) is 0. The molecular formula is C17H20FN3O2. The molecule has 1 N–H and O–H groups in total. The second-order valence-corrected chi connectivity index (χ2v) is 7.08. The van der Waals surface area contributed by atoms with E-state index in [1.54, 1.807) is 0 Å². The van der Waals surface area contributed by atoms with Crippen LogP contribution in [0.3, 0.4) is 0 Å². The highest BCUT2D eigenvalue weighted by Crippen LogP contribution is 2.39. The van der Waals surface area contributed by atoms with Crippen LogP contribution in [-0.2, 0) is 0 Å². The van der Waals surface area contributed by atoms with Gasteiger partial charge in [0.25, 0.3) is 5.91 Å². The minimum Gasteiger partial charge on any atom is -0.460 e. The van der Waals surface area contributed by atoms with E-state index in [4.69, 9.17) is 4.42 Å². The number of carbonyl (C=O) groups is 1. The normalized spacial score (nSPS) is 28.9. The fourth-order valence-electron chi connectivity index (χ4n) is 4.12. The summed E-state index contributed by atoms with van der Waals surface area (Å²) in [5.74, 6) is -0.229. The Morgan fingerprint density at radius 2 is 2.17 bits per heavy atom. The van der Waals surface area contributed by atoms with Crippen molar-refractivity contribution < 1.29 is 13.6 Å². The smallest absolute Gasteiger partial charge is 0.270 e. The lowest BCUT2D eigenvalue weighted by molar-refractivity contribution is -0.0378. The molecule has 5 nitrogen and oxygen atoms in total. The van der Waals surface area contributed by atoms with Gasteiger partial charge < -0.3 is 9.73 Å². The molecule has 1 unspecified atom stereocenters. The predicted octanol–water partition coefficient (Wildman–Crippen LogP) is 2.57. The number of hydrogen-bond acceptors (Lipinski definition) is 4. The number of piperidine rings is 3. The molecule has 23 heavy (non-hydrogen) atoms. The van der Waals surface area contributed by atoms with Crippen LogP contribution in [0.15, 0.2) is 22.9 Å². The van der Waals surface area contributed by atoms with Crippen LogP contribution in [0.2, 0.25) is 0 Å². The Labute approximate surface area is 133 Å². The zero-order valence-corrected chi connectivity index (χ0v) is 13.3. The Bertz CT molecular complexity index is 762. The van der Waals surface area contributed by atoms with Crippen molar-refractivity contribution in [2.45, 2.75) is 38.3 Å². The Morgan fingerprint density at radius 1 is 1.43 bits per heavy atom. The van der Waals surface area contributed by atoms with Crippen molar-refractivity contribution in [2.75, 3.05) is 13.1 Å². The first kappa shape index (κ1) is 14.6. The van der Waals surface area contributed by atoms with E-state index in [1.165, 1.54) is 12.3 Å². The summed E-state index contributed by atoms with van der Waals surface area (Å²) in [6.07, 6.45) is 4.65. The van der Waals surface area contributed by atoms with Crippen molar-refractivity contribution in [2.24, 2.45) is 5.92 Å². The molecule has 0 saturated carbocycles. The molecule has 5 rings (SSSR count). The van der Waals surface area contributed by atoms with Gasteiger partial charge in [-0.25, -0.2) is 9.37 Å². The van der Waals surface area contributed by atoms with Crippen LogP contribution in [0, 0.1) is 11.7 Å². The maximum Gasteiger partial charge on any atom is 0.270 e. The van der Waals surface area contributed by atoms with E-state index in [2.05, 4.69) is 29.0 Å². The molecule has 0 aromatic carbocycles. The molecule has 5 heterocycles. The summed E-state index contributed by atoms with van der Waals surface area (Å²) >= 11 is 0. The third kappa shape index (κ3) is 2.24. The minimum atomic E-state index is -0.473. The fourth-order valence-corrected chi connectivity index (χ4v) is 4.12. The number of amides is 1. The summed E-state index contributed by atoms with van der Waals surface area (Å²) in [6.45, 7) is 6.54. The summed E-state index contributed by atoms with van der Waals surface area (Å²) in [4.78, 5) is 19.2. The van der Waals surface area contributed by atoms with Gasteiger partial charge in [0.15, 0.2) is 11.4 Å². The van der Waals surface area contributed by atoms with E-state index in [9.17, 15) is 9.18 Å². The van der Waals surface area contributed by atoms with E-state index in [1.807, 2.05) is 0 Å². The highest BCUT2D eigenvalue weighted by molar-refractivity contribution is 5.95. The predicted molar refractivity (Wildman–Crippen MR) is 83.6 cm³/mol. The number of hydrogen-bond donors (Lipinski definition) is 1. The first-order chi connectivity index (χ1) is 11.0. The SMILES string of the molecule is CC1(C)C(NC(=O)c2cc3c(F)coc3cn2)C2CCN1CC2. The van der Waals surface area contributed by atoms with Crippen molar-refractivity contribution in [1.29, 1.82) is 0 Å². The Kier molecular flexibility index (Phi) is 3.20. The van der Waals surface area contributed by atoms with Gasteiger partial charge in [-0.05, 0) is 51.8 Å². The second-order valence-electron chi connectivity index (χ2n) is 7.08. The molecule has 2 aromatic rings. The van der Waals surface area contributed by atoms with Crippen molar-refractivity contribution in [3.05, 3.63) is 30.0 Å². The summed E-state index contributed by atoms with van der Waals surface area (Å²) < 4.78 is 18.7. The number of nitrogens with one attached hydrogen (secondary N) is 1. The second kappa shape index (κ2) is 5.03. The molecular weight excluding hydrogens is 297 g/mol. The molecule has 122 valence electrons. The monoisotopic (exact) mass is 317 g/mol. The lowest BCUT2D eigenvalue weighted by Crippen LogP contribution is -2.69. The highest BCUT2D eigenvalue weighted by Gasteiger charge is 2.48. The van der Waals surface area contributed by atoms with E-state index >= 15 is 0 Å². The molecule has 0 aliphatic carbocycles. The van der Waals surface area contributed by atoms with E-state index < -0.39 is 5.82 Å². The standard InChI is InChI=1S/C17H20FN3O2/c1-17(2)15(10-3-5-21(17)6-4-10)20-16(22)13-7-11-12(18)9-23-14(11)8-19-13/h7-10,15H,3-6H2,1-2H3,(H,20,22). The van der Waals surface area contributed by atoms with E-state index in [0.29, 0.717) is 16.9 Å². The Hall–Kier alpha value is -1.95. The van der Waals surface area contributed by atoms with Crippen LogP contribution in [0.1, 0.15) is 37.2 Å². The molecule has 6 heteroatoms. The number of rotatable bonds is 2. The van der Waals surface area contributed by atoms with Gasteiger partial charge in [0.05, 0.1) is 11.6 Å². The lowest BCUT2D eigenvalue weighted by Gasteiger charge is -2.56. The van der Waals surface area contributed by atoms with Gasteiger partial charge in [-0.15, -0.1) is 0 Å². The van der Waals surface area contributed by atoms with Crippen LogP contribution < -0.4 is 5.32 Å². The van der Waals surface area contributed by atoms with E-state index in [0.717, 1.165) is 32.2 Å². The molecule has 0 radical (unpaired) electrons. The van der Waals surface area contributed by atoms with Crippen molar-refractivity contribution in [3.8, 4) is 0 Å². The van der Waals surface area contributed by atoms with Crippen LogP contribution in [0.25, 0.3) is 11.0 Å². The quantitative estimate of drug-likeness (QED) is 0.925. The van der Waals surface area contributed by atoms with Gasteiger partial charge in [-0.1, -0.05) is 0 Å². The number of nitrogens with zero attached hydrogens (tertiary/aromatic N) is 2. The van der Waals surface area contributed by atoms with Gasteiger partial charge in [0.1, 0.15) is 12.0 Å². The number of halogens is 1. The first-order valence-electron chi connectivity index (χ1n) is 8.05. The molecule has 3 aliphatic rings. The number of fused-ring (bicyclic) bond motifs is 4. The van der Waals surface area contributed by atoms with Crippen molar-refractivity contribution in [3.63, 3.8) is 0 Å². The minimum absolute atomic E-state index is 0.0676. The molecule has 0 spiro atoms. The number of aromatic nitrogens is 1. The molecule has 2 bridgehead atoms. The van der Waals surface area contributed by atoms with E-state index in [-0.39, 0.29) is 23.2 Å². The van der Waals surface area contributed by atoms with Crippen LogP contribution >= 0.6 is 0 Å². The summed E-state index contributed by atoms with van der Waals surface area (Å²) in [6, 6.07) is 1.54. The number of furan rings is 1. The zero-order valence-electron chi connectivity index (χ0n) is 13.3. The fraction of sp³-hybridized carbons (Fsp3) is 0.529.